The second-order valence-electron chi connectivity index (χ2n) is 5.28. The minimum atomic E-state index is -0.260. The Labute approximate surface area is 145 Å². The van der Waals surface area contributed by atoms with Gasteiger partial charge in [-0.1, -0.05) is 40.2 Å². The zero-order chi connectivity index (χ0) is 16.5. The predicted molar refractivity (Wildman–Crippen MR) is 90.9 cm³/mol. The molecule has 0 aliphatic rings. The molecule has 0 radical (unpaired) electrons. The van der Waals surface area contributed by atoms with Gasteiger partial charge in [0.25, 0.3) is 5.78 Å². The van der Waals surface area contributed by atoms with Crippen LogP contribution in [-0.2, 0) is 6.42 Å². The Morgan fingerprint density at radius 3 is 2.46 bits per heavy atom. The van der Waals surface area contributed by atoms with E-state index in [1.54, 1.807) is 22.8 Å². The number of hydrogen-bond acceptors (Lipinski definition) is 4. The van der Waals surface area contributed by atoms with Gasteiger partial charge in [-0.15, -0.1) is 10.2 Å². The maximum atomic E-state index is 13.0. The monoisotopic (exact) mass is 383 g/mol. The van der Waals surface area contributed by atoms with Crippen LogP contribution in [0.2, 0.25) is 0 Å². The third-order valence-electron chi connectivity index (χ3n) is 3.62. The number of nitrogens with zero attached hydrogens (tertiary/aromatic N) is 5. The highest BCUT2D eigenvalue weighted by Crippen LogP contribution is 2.20. The summed E-state index contributed by atoms with van der Waals surface area (Å²) in [5.74, 6) is 0.836. The number of benzene rings is 2. The van der Waals surface area contributed by atoms with Crippen LogP contribution in [-0.4, -0.2) is 24.8 Å². The SMILES string of the molecule is Fc1ccc(Cc2nnc3nc(-c4ccc(Br)cc4)cnn23)cc1. The van der Waals surface area contributed by atoms with E-state index in [4.69, 9.17) is 0 Å². The first-order valence-corrected chi connectivity index (χ1v) is 8.06. The van der Waals surface area contributed by atoms with Gasteiger partial charge in [0, 0.05) is 16.5 Å². The summed E-state index contributed by atoms with van der Waals surface area (Å²) in [6, 6.07) is 14.1. The van der Waals surface area contributed by atoms with Crippen LogP contribution in [0.5, 0.6) is 0 Å². The molecule has 0 bridgehead atoms. The number of hydrogen-bond donors (Lipinski definition) is 0. The first kappa shape index (κ1) is 14.9. The lowest BCUT2D eigenvalue weighted by molar-refractivity contribution is 0.627. The molecule has 0 unspecified atom stereocenters. The average Bonchev–Trinajstić information content (AvgIpc) is 3.00. The summed E-state index contributed by atoms with van der Waals surface area (Å²) in [5, 5.41) is 12.6. The molecule has 0 saturated carbocycles. The van der Waals surface area contributed by atoms with Crippen LogP contribution in [0.15, 0.2) is 59.2 Å². The molecule has 2 aromatic heterocycles. The lowest BCUT2D eigenvalue weighted by atomic mass is 10.1. The summed E-state index contributed by atoms with van der Waals surface area (Å²) < 4.78 is 15.6. The Morgan fingerprint density at radius 1 is 0.958 bits per heavy atom. The topological polar surface area (TPSA) is 56.0 Å². The van der Waals surface area contributed by atoms with Gasteiger partial charge in [0.05, 0.1) is 11.9 Å². The molecular weight excluding hydrogens is 373 g/mol. The van der Waals surface area contributed by atoms with E-state index in [0.29, 0.717) is 18.0 Å². The van der Waals surface area contributed by atoms with Gasteiger partial charge in [-0.3, -0.25) is 0 Å². The van der Waals surface area contributed by atoms with Crippen molar-refractivity contribution in [3.8, 4) is 11.3 Å². The Hall–Kier alpha value is -2.67. The fraction of sp³-hybridized carbons (Fsp3) is 0.0588. The second kappa shape index (κ2) is 6.09. The standard InChI is InChI=1S/C17H11BrFN5/c18-13-5-3-12(4-6-13)15-10-20-24-16(22-23-17(24)21-15)9-11-1-7-14(19)8-2-11/h1-8,10H,9H2. The minimum Gasteiger partial charge on any atom is -0.208 e. The summed E-state index contributed by atoms with van der Waals surface area (Å²) in [6.45, 7) is 0. The molecule has 0 amide bonds. The second-order valence-corrected chi connectivity index (χ2v) is 6.20. The molecule has 0 aliphatic heterocycles. The van der Waals surface area contributed by atoms with Gasteiger partial charge in [-0.05, 0) is 29.8 Å². The third-order valence-corrected chi connectivity index (χ3v) is 4.15. The Balaban J connectivity index is 1.67. The van der Waals surface area contributed by atoms with Gasteiger partial charge in [0.2, 0.25) is 0 Å². The highest BCUT2D eigenvalue weighted by Gasteiger charge is 2.10. The first-order valence-electron chi connectivity index (χ1n) is 7.27. The van der Waals surface area contributed by atoms with Crippen LogP contribution in [0.1, 0.15) is 11.4 Å². The fourth-order valence-corrected chi connectivity index (χ4v) is 2.66. The molecule has 4 rings (SSSR count). The fourth-order valence-electron chi connectivity index (χ4n) is 2.39. The Morgan fingerprint density at radius 2 is 1.71 bits per heavy atom. The quantitative estimate of drug-likeness (QED) is 0.541. The molecule has 2 aromatic carbocycles. The lowest BCUT2D eigenvalue weighted by Crippen LogP contribution is -2.02. The number of fused-ring (bicyclic) bond motifs is 1. The van der Waals surface area contributed by atoms with Gasteiger partial charge >= 0.3 is 0 Å². The smallest absolute Gasteiger partial charge is 0.208 e. The molecule has 0 aliphatic carbocycles. The van der Waals surface area contributed by atoms with Crippen molar-refractivity contribution in [2.75, 3.05) is 0 Å². The van der Waals surface area contributed by atoms with E-state index < -0.39 is 0 Å². The van der Waals surface area contributed by atoms with Crippen molar-refractivity contribution in [3.05, 3.63) is 76.4 Å². The van der Waals surface area contributed by atoms with E-state index in [2.05, 4.69) is 36.2 Å². The summed E-state index contributed by atoms with van der Waals surface area (Å²) in [5.41, 5.74) is 2.62. The van der Waals surface area contributed by atoms with Gasteiger partial charge in [-0.2, -0.15) is 9.61 Å². The lowest BCUT2D eigenvalue weighted by Gasteiger charge is -2.02. The third kappa shape index (κ3) is 2.90. The van der Waals surface area contributed by atoms with E-state index >= 15 is 0 Å². The maximum absolute atomic E-state index is 13.0. The molecule has 4 aromatic rings. The summed E-state index contributed by atoms with van der Waals surface area (Å²) in [7, 11) is 0. The molecule has 5 nitrogen and oxygen atoms in total. The number of halogens is 2. The molecule has 118 valence electrons. The molecule has 0 atom stereocenters. The Kier molecular flexibility index (Phi) is 3.78. The van der Waals surface area contributed by atoms with Crippen LogP contribution in [0, 0.1) is 5.82 Å². The Bertz CT molecular complexity index is 996. The molecule has 0 N–H and O–H groups in total. The van der Waals surface area contributed by atoms with Crippen molar-refractivity contribution in [1.29, 1.82) is 0 Å². The van der Waals surface area contributed by atoms with E-state index in [1.807, 2.05) is 24.3 Å². The number of aromatic nitrogens is 5. The number of rotatable bonds is 3. The zero-order valence-corrected chi connectivity index (χ0v) is 14.0. The van der Waals surface area contributed by atoms with Gasteiger partial charge < -0.3 is 0 Å². The minimum absolute atomic E-state index is 0.260. The van der Waals surface area contributed by atoms with Crippen LogP contribution in [0.3, 0.4) is 0 Å². The van der Waals surface area contributed by atoms with Crippen molar-refractivity contribution in [3.63, 3.8) is 0 Å². The molecule has 0 fully saturated rings. The largest absolute Gasteiger partial charge is 0.272 e. The van der Waals surface area contributed by atoms with Crippen LogP contribution in [0.4, 0.5) is 4.39 Å². The van der Waals surface area contributed by atoms with E-state index in [-0.39, 0.29) is 5.82 Å². The van der Waals surface area contributed by atoms with Crippen LogP contribution >= 0.6 is 15.9 Å². The van der Waals surface area contributed by atoms with E-state index in [0.717, 1.165) is 21.3 Å². The van der Waals surface area contributed by atoms with Gasteiger partial charge in [-0.25, -0.2) is 9.37 Å². The van der Waals surface area contributed by atoms with Crippen molar-refractivity contribution >= 4 is 21.7 Å². The molecule has 0 saturated heterocycles. The predicted octanol–water partition coefficient (Wildman–Crippen LogP) is 3.68. The normalized spacial score (nSPS) is 11.1. The molecule has 0 spiro atoms. The molecule has 7 heteroatoms. The zero-order valence-electron chi connectivity index (χ0n) is 12.4. The maximum Gasteiger partial charge on any atom is 0.272 e. The van der Waals surface area contributed by atoms with Crippen molar-refractivity contribution < 1.29 is 4.39 Å². The van der Waals surface area contributed by atoms with Gasteiger partial charge in [0.1, 0.15) is 5.82 Å². The van der Waals surface area contributed by atoms with Gasteiger partial charge in [0.15, 0.2) is 5.82 Å². The van der Waals surface area contributed by atoms with Crippen molar-refractivity contribution in [2.24, 2.45) is 0 Å². The van der Waals surface area contributed by atoms with E-state index in [9.17, 15) is 4.39 Å². The van der Waals surface area contributed by atoms with E-state index in [1.165, 1.54) is 12.1 Å². The summed E-state index contributed by atoms with van der Waals surface area (Å²) in [4.78, 5) is 4.50. The first-order chi connectivity index (χ1) is 11.7. The van der Waals surface area contributed by atoms with Crippen LogP contribution < -0.4 is 0 Å². The summed E-state index contributed by atoms with van der Waals surface area (Å²) >= 11 is 3.41. The molecular formula is C17H11BrFN5. The molecule has 24 heavy (non-hydrogen) atoms. The average molecular weight is 384 g/mol. The van der Waals surface area contributed by atoms with Crippen molar-refractivity contribution in [1.82, 2.24) is 24.8 Å². The highest BCUT2D eigenvalue weighted by molar-refractivity contribution is 9.10. The van der Waals surface area contributed by atoms with Crippen LogP contribution in [0.25, 0.3) is 17.0 Å². The highest BCUT2D eigenvalue weighted by atomic mass is 79.9. The summed E-state index contributed by atoms with van der Waals surface area (Å²) in [6.07, 6.45) is 2.20. The molecule has 2 heterocycles. The van der Waals surface area contributed by atoms with Crippen molar-refractivity contribution in [2.45, 2.75) is 6.42 Å².